The Bertz CT molecular complexity index is 273. The molecule has 58 valence electrons. The third-order valence-corrected chi connectivity index (χ3v) is 1.07. The molecule has 0 bridgehead atoms. The molecule has 11 heavy (non-hydrogen) atoms. The molecular weight excluding hydrogens is 150 g/mol. The molecule has 0 aliphatic carbocycles. The van der Waals surface area contributed by atoms with E-state index in [9.17, 15) is 14.7 Å². The van der Waals surface area contributed by atoms with E-state index in [2.05, 4.69) is 9.68 Å². The summed E-state index contributed by atoms with van der Waals surface area (Å²) in [7, 11) is 0. The van der Waals surface area contributed by atoms with Crippen LogP contribution in [0.25, 0.3) is 0 Å². The molecule has 0 unspecified atom stereocenters. The number of nitrogens with zero attached hydrogens (tertiary/aromatic N) is 1. The molecule has 0 saturated heterocycles. The van der Waals surface area contributed by atoms with Gasteiger partial charge in [-0.05, 0) is 0 Å². The van der Waals surface area contributed by atoms with Crippen LogP contribution < -0.4 is 5.11 Å². The van der Waals surface area contributed by atoms with Gasteiger partial charge in [0, 0.05) is 13.0 Å². The minimum absolute atomic E-state index is 0.0794. The number of carbonyl (C=O) groups excluding carboxylic acids is 2. The summed E-state index contributed by atoms with van der Waals surface area (Å²) in [5.41, 5.74) is -0.366. The van der Waals surface area contributed by atoms with Crippen LogP contribution in [-0.4, -0.2) is 16.9 Å². The van der Waals surface area contributed by atoms with Gasteiger partial charge in [0.15, 0.2) is 5.78 Å². The second-order valence-electron chi connectivity index (χ2n) is 1.92. The predicted molar refractivity (Wildman–Crippen MR) is 30.8 cm³/mol. The first kappa shape index (κ1) is 7.46. The summed E-state index contributed by atoms with van der Waals surface area (Å²) < 4.78 is 4.37. The Labute approximate surface area is 61.6 Å². The molecule has 0 amide bonds. The Morgan fingerprint density at radius 1 is 1.64 bits per heavy atom. The van der Waals surface area contributed by atoms with Crippen LogP contribution in [0.1, 0.15) is 28.0 Å². The van der Waals surface area contributed by atoms with Crippen LogP contribution in [0.3, 0.4) is 0 Å². The van der Waals surface area contributed by atoms with E-state index in [1.54, 1.807) is 0 Å². The molecule has 0 radical (unpaired) electrons. The van der Waals surface area contributed by atoms with Gasteiger partial charge < -0.3 is 14.4 Å². The summed E-state index contributed by atoms with van der Waals surface area (Å²) in [5.74, 6) is -1.91. The van der Waals surface area contributed by atoms with Crippen LogP contribution in [0.5, 0.6) is 0 Å². The maximum absolute atomic E-state index is 10.5. The van der Waals surface area contributed by atoms with Crippen LogP contribution in [0, 0.1) is 0 Å². The van der Waals surface area contributed by atoms with Gasteiger partial charge in [-0.1, -0.05) is 5.16 Å². The quantitative estimate of drug-likeness (QED) is 0.523. The molecule has 0 spiro atoms. The van der Waals surface area contributed by atoms with E-state index in [1.165, 1.54) is 6.92 Å². The molecule has 0 N–H and O–H groups in total. The lowest BCUT2D eigenvalue weighted by molar-refractivity contribution is -0.255. The third-order valence-electron chi connectivity index (χ3n) is 1.07. The molecular formula is C6H4NO4-. The maximum atomic E-state index is 10.5. The number of hydrogen-bond acceptors (Lipinski definition) is 5. The van der Waals surface area contributed by atoms with Gasteiger partial charge in [0.1, 0.15) is 5.69 Å². The van der Waals surface area contributed by atoms with Crippen molar-refractivity contribution in [2.45, 2.75) is 6.92 Å². The third kappa shape index (κ3) is 1.43. The molecule has 5 nitrogen and oxygen atoms in total. The number of carboxylic acid groups (broad SMARTS) is 1. The van der Waals surface area contributed by atoms with E-state index in [4.69, 9.17) is 0 Å². The highest BCUT2D eigenvalue weighted by Gasteiger charge is 2.07. The van der Waals surface area contributed by atoms with E-state index < -0.39 is 5.97 Å². The Hall–Kier alpha value is -1.65. The predicted octanol–water partition coefficient (Wildman–Crippen LogP) is -0.759. The zero-order chi connectivity index (χ0) is 8.43. The Morgan fingerprint density at radius 3 is 2.55 bits per heavy atom. The number of aromatic nitrogens is 1. The highest BCUT2D eigenvalue weighted by atomic mass is 16.5. The smallest absolute Gasteiger partial charge is 0.202 e. The normalized spacial score (nSPS) is 9.55. The van der Waals surface area contributed by atoms with Crippen molar-refractivity contribution in [1.29, 1.82) is 0 Å². The minimum atomic E-state index is -1.46. The zero-order valence-corrected chi connectivity index (χ0v) is 5.66. The summed E-state index contributed by atoms with van der Waals surface area (Å²) in [5, 5.41) is 13.2. The van der Waals surface area contributed by atoms with Gasteiger partial charge in [-0.25, -0.2) is 0 Å². The van der Waals surface area contributed by atoms with Crippen molar-refractivity contribution in [2.24, 2.45) is 0 Å². The molecule has 0 fully saturated rings. The minimum Gasteiger partial charge on any atom is -0.543 e. The number of hydrogen-bond donors (Lipinski definition) is 0. The fraction of sp³-hybridized carbons (Fsp3) is 0.167. The lowest BCUT2D eigenvalue weighted by Crippen LogP contribution is -2.22. The largest absolute Gasteiger partial charge is 0.543 e. The molecule has 1 aromatic rings. The average molecular weight is 154 g/mol. The molecule has 5 heteroatoms. The molecule has 0 aliphatic heterocycles. The molecule has 1 aromatic heterocycles. The first-order valence-corrected chi connectivity index (χ1v) is 2.80. The van der Waals surface area contributed by atoms with Crippen molar-refractivity contribution >= 4 is 11.8 Å². The maximum Gasteiger partial charge on any atom is 0.202 e. The fourth-order valence-corrected chi connectivity index (χ4v) is 0.537. The molecule has 1 rings (SSSR count). The molecule has 0 atom stereocenters. The zero-order valence-electron chi connectivity index (χ0n) is 5.66. The first-order valence-electron chi connectivity index (χ1n) is 2.80. The Morgan fingerprint density at radius 2 is 2.27 bits per heavy atom. The molecule has 1 heterocycles. The second kappa shape index (κ2) is 2.53. The topological polar surface area (TPSA) is 83.2 Å². The second-order valence-corrected chi connectivity index (χ2v) is 1.92. The van der Waals surface area contributed by atoms with Crippen molar-refractivity contribution in [2.75, 3.05) is 0 Å². The van der Waals surface area contributed by atoms with Crippen LogP contribution in [0.2, 0.25) is 0 Å². The number of carboxylic acids is 1. The number of ketones is 1. The van der Waals surface area contributed by atoms with Gasteiger partial charge in [0.2, 0.25) is 5.76 Å². The van der Waals surface area contributed by atoms with Gasteiger partial charge in [0.25, 0.3) is 0 Å². The van der Waals surface area contributed by atoms with Crippen LogP contribution >= 0.6 is 0 Å². The van der Waals surface area contributed by atoms with Crippen LogP contribution in [0.4, 0.5) is 0 Å². The number of carbonyl (C=O) groups is 2. The van der Waals surface area contributed by atoms with Gasteiger partial charge in [-0.15, -0.1) is 0 Å². The highest BCUT2D eigenvalue weighted by Crippen LogP contribution is 2.02. The monoisotopic (exact) mass is 154 g/mol. The van der Waals surface area contributed by atoms with E-state index in [0.29, 0.717) is 0 Å². The first-order chi connectivity index (χ1) is 5.11. The molecule has 0 saturated carbocycles. The van der Waals surface area contributed by atoms with Crippen molar-refractivity contribution in [3.8, 4) is 0 Å². The van der Waals surface area contributed by atoms with Crippen molar-refractivity contribution in [1.82, 2.24) is 5.16 Å². The van der Waals surface area contributed by atoms with Gasteiger partial charge >= 0.3 is 0 Å². The van der Waals surface area contributed by atoms with E-state index in [-0.39, 0.29) is 17.2 Å². The lowest BCUT2D eigenvalue weighted by Gasteiger charge is -1.89. The van der Waals surface area contributed by atoms with Crippen molar-refractivity contribution in [3.63, 3.8) is 0 Å². The van der Waals surface area contributed by atoms with Gasteiger partial charge in [-0.2, -0.15) is 0 Å². The lowest BCUT2D eigenvalue weighted by atomic mass is 10.3. The fourth-order valence-electron chi connectivity index (χ4n) is 0.537. The van der Waals surface area contributed by atoms with E-state index in [0.717, 1.165) is 6.07 Å². The summed E-state index contributed by atoms with van der Waals surface area (Å²) in [4.78, 5) is 20.6. The van der Waals surface area contributed by atoms with Crippen LogP contribution in [0.15, 0.2) is 10.6 Å². The summed E-state index contributed by atoms with van der Waals surface area (Å²) in [6.45, 7) is 1.25. The Balaban J connectivity index is 2.99. The standard InChI is InChI=1S/C6H5NO4/c1-3(8)5-2-4(6(9)10)7-11-5/h2H,1H3,(H,9,10)/p-1. The molecule has 0 aromatic carbocycles. The van der Waals surface area contributed by atoms with Gasteiger partial charge in [-0.3, -0.25) is 4.79 Å². The number of rotatable bonds is 2. The summed E-state index contributed by atoms with van der Waals surface area (Å²) in [6, 6.07) is 1.03. The Kier molecular flexibility index (Phi) is 1.72. The van der Waals surface area contributed by atoms with E-state index >= 15 is 0 Å². The SMILES string of the molecule is CC(=O)c1cc(C(=O)[O-])no1. The highest BCUT2D eigenvalue weighted by molar-refractivity contribution is 5.93. The van der Waals surface area contributed by atoms with Crippen molar-refractivity contribution in [3.05, 3.63) is 17.5 Å². The molecule has 0 aliphatic rings. The van der Waals surface area contributed by atoms with Crippen molar-refractivity contribution < 1.29 is 19.2 Å². The number of aromatic carboxylic acids is 1. The van der Waals surface area contributed by atoms with Gasteiger partial charge in [0.05, 0.1) is 5.97 Å². The summed E-state index contributed by atoms with van der Waals surface area (Å²) >= 11 is 0. The number of Topliss-reactive ketones (excluding diaryl/α,β-unsaturated/α-hetero) is 1. The van der Waals surface area contributed by atoms with E-state index in [1.807, 2.05) is 0 Å². The average Bonchev–Trinajstić information content (AvgIpc) is 2.33. The summed E-state index contributed by atoms with van der Waals surface area (Å²) in [6.07, 6.45) is 0. The van der Waals surface area contributed by atoms with Crippen LogP contribution in [-0.2, 0) is 0 Å².